The van der Waals surface area contributed by atoms with Gasteiger partial charge in [0.2, 0.25) is 0 Å². The highest BCUT2D eigenvalue weighted by molar-refractivity contribution is 6.30. The van der Waals surface area contributed by atoms with E-state index in [1.165, 1.54) is 18.4 Å². The highest BCUT2D eigenvalue weighted by atomic mass is 35.5. The summed E-state index contributed by atoms with van der Waals surface area (Å²) in [4.78, 5) is 2.55. The van der Waals surface area contributed by atoms with E-state index in [4.69, 9.17) is 17.3 Å². The van der Waals surface area contributed by atoms with Gasteiger partial charge < -0.3 is 5.73 Å². The lowest BCUT2D eigenvalue weighted by molar-refractivity contribution is 0.121. The summed E-state index contributed by atoms with van der Waals surface area (Å²) in [5.41, 5.74) is 7.56. The summed E-state index contributed by atoms with van der Waals surface area (Å²) in [6.07, 6.45) is 3.56. The molecule has 20 heavy (non-hydrogen) atoms. The highest BCUT2D eigenvalue weighted by Crippen LogP contribution is 2.28. The number of hydrogen-bond acceptors (Lipinski definition) is 2. The van der Waals surface area contributed by atoms with Crippen LogP contribution >= 0.6 is 11.6 Å². The maximum atomic E-state index is 6.30. The van der Waals surface area contributed by atoms with Crippen LogP contribution in [0.15, 0.2) is 24.3 Å². The molecule has 2 N–H and O–H groups in total. The molecule has 1 aromatic rings. The van der Waals surface area contributed by atoms with Crippen LogP contribution in [0.25, 0.3) is 0 Å². The Bertz CT molecular complexity index is 375. The molecule has 0 radical (unpaired) electrons. The molecule has 0 heterocycles. The van der Waals surface area contributed by atoms with Gasteiger partial charge in [0.05, 0.1) is 0 Å². The van der Waals surface area contributed by atoms with Crippen LogP contribution < -0.4 is 5.73 Å². The average molecular weight is 297 g/mol. The van der Waals surface area contributed by atoms with Crippen molar-refractivity contribution < 1.29 is 0 Å². The number of benzene rings is 1. The van der Waals surface area contributed by atoms with Gasteiger partial charge in [-0.3, -0.25) is 4.90 Å². The topological polar surface area (TPSA) is 29.3 Å². The van der Waals surface area contributed by atoms with Crippen molar-refractivity contribution in [1.82, 2.24) is 4.90 Å². The van der Waals surface area contributed by atoms with Gasteiger partial charge in [-0.25, -0.2) is 0 Å². The Morgan fingerprint density at radius 2 is 1.75 bits per heavy atom. The molecule has 2 nitrogen and oxygen atoms in total. The fourth-order valence-corrected chi connectivity index (χ4v) is 2.79. The van der Waals surface area contributed by atoms with Crippen LogP contribution in [0.2, 0.25) is 5.02 Å². The maximum absolute atomic E-state index is 6.30. The molecule has 0 aromatic heterocycles. The molecule has 0 aliphatic carbocycles. The maximum Gasteiger partial charge on any atom is 0.0499 e. The van der Waals surface area contributed by atoms with Crippen LogP contribution in [0.3, 0.4) is 0 Å². The van der Waals surface area contributed by atoms with Gasteiger partial charge in [0.25, 0.3) is 0 Å². The molecule has 0 aliphatic heterocycles. The first-order valence-electron chi connectivity index (χ1n) is 7.78. The first-order valence-corrected chi connectivity index (χ1v) is 8.15. The summed E-state index contributed by atoms with van der Waals surface area (Å²) >= 11 is 6.00. The van der Waals surface area contributed by atoms with Gasteiger partial charge in [-0.2, -0.15) is 0 Å². The van der Waals surface area contributed by atoms with Gasteiger partial charge >= 0.3 is 0 Å². The zero-order valence-electron chi connectivity index (χ0n) is 13.3. The van der Waals surface area contributed by atoms with Gasteiger partial charge in [-0.15, -0.1) is 0 Å². The van der Waals surface area contributed by atoms with Crippen LogP contribution in [0, 0.1) is 0 Å². The number of halogens is 1. The highest BCUT2D eigenvalue weighted by Gasteiger charge is 2.26. The van der Waals surface area contributed by atoms with E-state index >= 15 is 0 Å². The Labute approximate surface area is 129 Å². The van der Waals surface area contributed by atoms with E-state index in [1.54, 1.807) is 0 Å². The van der Waals surface area contributed by atoms with E-state index in [9.17, 15) is 0 Å². The van der Waals surface area contributed by atoms with Gasteiger partial charge in [0, 0.05) is 23.1 Å². The summed E-state index contributed by atoms with van der Waals surface area (Å²) in [6.45, 7) is 9.96. The smallest absolute Gasteiger partial charge is 0.0499 e. The number of nitrogens with two attached hydrogens (primary N) is 1. The molecule has 0 fully saturated rings. The number of hydrogen-bond donors (Lipinski definition) is 1. The number of unbranched alkanes of at least 4 members (excludes halogenated alkanes) is 1. The summed E-state index contributed by atoms with van der Waals surface area (Å²) in [6, 6.07) is 9.03. The molecular weight excluding hydrogens is 268 g/mol. The SMILES string of the molecule is CCCCN(C(C)CC)C(c1ccc(Cl)cc1)C(C)N. The first-order chi connectivity index (χ1) is 9.51. The molecule has 0 aliphatic rings. The van der Waals surface area contributed by atoms with Crippen molar-refractivity contribution in [2.75, 3.05) is 6.54 Å². The molecule has 1 rings (SSSR count). The fraction of sp³-hybridized carbons (Fsp3) is 0.647. The van der Waals surface area contributed by atoms with Crippen molar-refractivity contribution in [3.05, 3.63) is 34.9 Å². The third kappa shape index (κ3) is 4.76. The van der Waals surface area contributed by atoms with Crippen LogP contribution in [0.1, 0.15) is 58.6 Å². The van der Waals surface area contributed by atoms with Gasteiger partial charge in [-0.05, 0) is 50.9 Å². The Balaban J connectivity index is 3.03. The van der Waals surface area contributed by atoms with Crippen molar-refractivity contribution in [2.24, 2.45) is 5.73 Å². The molecule has 1 aromatic carbocycles. The lowest BCUT2D eigenvalue weighted by atomic mass is 9.96. The molecule has 0 saturated carbocycles. The second kappa shape index (κ2) is 8.66. The molecule has 0 spiro atoms. The van der Waals surface area contributed by atoms with E-state index in [1.807, 2.05) is 12.1 Å². The van der Waals surface area contributed by atoms with Crippen molar-refractivity contribution in [2.45, 2.75) is 65.1 Å². The third-order valence-corrected chi connectivity index (χ3v) is 4.25. The summed E-state index contributed by atoms with van der Waals surface area (Å²) in [7, 11) is 0. The minimum Gasteiger partial charge on any atom is -0.326 e. The summed E-state index contributed by atoms with van der Waals surface area (Å²) in [5, 5.41) is 0.779. The van der Waals surface area contributed by atoms with E-state index in [0.717, 1.165) is 18.0 Å². The Kier molecular flexibility index (Phi) is 7.57. The lowest BCUT2D eigenvalue weighted by Gasteiger charge is -2.39. The predicted octanol–water partition coefficient (Wildman–Crippen LogP) is 4.63. The standard InChI is InChI=1S/C17H29ClN2/c1-5-7-12-20(13(3)6-2)17(14(4)19)15-8-10-16(18)11-9-15/h8-11,13-14,17H,5-7,12,19H2,1-4H3. The van der Waals surface area contributed by atoms with Crippen LogP contribution in [0.5, 0.6) is 0 Å². The Morgan fingerprint density at radius 3 is 2.20 bits per heavy atom. The molecular formula is C17H29ClN2. The summed E-state index contributed by atoms with van der Waals surface area (Å²) in [5.74, 6) is 0. The molecule has 3 unspecified atom stereocenters. The zero-order chi connectivity index (χ0) is 15.1. The monoisotopic (exact) mass is 296 g/mol. The number of nitrogens with zero attached hydrogens (tertiary/aromatic N) is 1. The molecule has 3 atom stereocenters. The Morgan fingerprint density at radius 1 is 1.15 bits per heavy atom. The normalized spacial score (nSPS) is 16.1. The molecule has 0 amide bonds. The molecule has 114 valence electrons. The van der Waals surface area contributed by atoms with Gasteiger partial charge in [0.1, 0.15) is 0 Å². The Hall–Kier alpha value is -0.570. The van der Waals surface area contributed by atoms with Crippen molar-refractivity contribution in [3.8, 4) is 0 Å². The van der Waals surface area contributed by atoms with Crippen LogP contribution in [0.4, 0.5) is 0 Å². The molecule has 3 heteroatoms. The minimum atomic E-state index is 0.0991. The average Bonchev–Trinajstić information content (AvgIpc) is 2.43. The van der Waals surface area contributed by atoms with Gasteiger partial charge in [0.15, 0.2) is 0 Å². The predicted molar refractivity (Wildman–Crippen MR) is 89.2 cm³/mol. The van der Waals surface area contributed by atoms with Crippen molar-refractivity contribution in [1.29, 1.82) is 0 Å². The van der Waals surface area contributed by atoms with E-state index in [-0.39, 0.29) is 12.1 Å². The first kappa shape index (κ1) is 17.5. The molecule has 0 saturated heterocycles. The lowest BCUT2D eigenvalue weighted by Crippen LogP contribution is -2.44. The van der Waals surface area contributed by atoms with Crippen LogP contribution in [-0.2, 0) is 0 Å². The quantitative estimate of drug-likeness (QED) is 0.758. The second-order valence-electron chi connectivity index (χ2n) is 5.70. The largest absolute Gasteiger partial charge is 0.326 e. The minimum absolute atomic E-state index is 0.0991. The second-order valence-corrected chi connectivity index (χ2v) is 6.14. The van der Waals surface area contributed by atoms with Crippen LogP contribution in [-0.4, -0.2) is 23.5 Å². The van der Waals surface area contributed by atoms with Crippen molar-refractivity contribution >= 4 is 11.6 Å². The number of rotatable bonds is 8. The van der Waals surface area contributed by atoms with E-state index in [0.29, 0.717) is 6.04 Å². The van der Waals surface area contributed by atoms with Crippen molar-refractivity contribution in [3.63, 3.8) is 0 Å². The van der Waals surface area contributed by atoms with Gasteiger partial charge in [-0.1, -0.05) is 44.0 Å². The third-order valence-electron chi connectivity index (χ3n) is 3.99. The zero-order valence-corrected chi connectivity index (χ0v) is 14.0. The molecule has 0 bridgehead atoms. The fourth-order valence-electron chi connectivity index (χ4n) is 2.67. The van der Waals surface area contributed by atoms with E-state index < -0.39 is 0 Å². The van der Waals surface area contributed by atoms with E-state index in [2.05, 4.69) is 44.7 Å². The summed E-state index contributed by atoms with van der Waals surface area (Å²) < 4.78 is 0.